The minimum absolute atomic E-state index is 0.0484. The summed E-state index contributed by atoms with van der Waals surface area (Å²) in [5.74, 6) is -5.41. The molecular formula is C30H23ClF2N4O5S. The maximum absolute atomic E-state index is 15.0. The summed E-state index contributed by atoms with van der Waals surface area (Å²) < 4.78 is 53.4. The van der Waals surface area contributed by atoms with Crippen molar-refractivity contribution in [2.45, 2.75) is 12.5 Å². The third kappa shape index (κ3) is 6.28. The molecule has 0 unspecified atom stereocenters. The molecule has 43 heavy (non-hydrogen) atoms. The van der Waals surface area contributed by atoms with E-state index in [2.05, 4.69) is 10.3 Å². The second-order valence-electron chi connectivity index (χ2n) is 9.97. The number of aliphatic carboxylic acids is 1. The molecule has 4 aromatic rings. The van der Waals surface area contributed by atoms with Gasteiger partial charge in [-0.1, -0.05) is 35.9 Å². The Morgan fingerprint density at radius 3 is 2.37 bits per heavy atom. The largest absolute Gasteiger partial charge is 0.480 e. The van der Waals surface area contributed by atoms with Gasteiger partial charge in [0.2, 0.25) is 0 Å². The topological polar surface area (TPSA) is 140 Å². The van der Waals surface area contributed by atoms with Crippen molar-refractivity contribution >= 4 is 49.9 Å². The predicted molar refractivity (Wildman–Crippen MR) is 157 cm³/mol. The van der Waals surface area contributed by atoms with E-state index in [-0.39, 0.29) is 36.7 Å². The first-order valence-corrected chi connectivity index (χ1v) is 15.2. The fourth-order valence-electron chi connectivity index (χ4n) is 5.01. The number of aromatic nitrogens is 1. The molecule has 0 bridgehead atoms. The summed E-state index contributed by atoms with van der Waals surface area (Å²) in [5, 5.41) is 22.2. The van der Waals surface area contributed by atoms with E-state index in [9.17, 15) is 23.1 Å². The maximum Gasteiger partial charge on any atom is 0.326 e. The molecule has 1 amide bonds. The summed E-state index contributed by atoms with van der Waals surface area (Å²) in [6, 6.07) is 13.9. The van der Waals surface area contributed by atoms with Crippen molar-refractivity contribution in [1.82, 2.24) is 10.3 Å². The number of benzene rings is 3. The van der Waals surface area contributed by atoms with E-state index in [4.69, 9.17) is 16.9 Å². The average Bonchev–Trinajstić information content (AvgIpc) is 2.96. The Morgan fingerprint density at radius 2 is 1.74 bits per heavy atom. The third-order valence-corrected chi connectivity index (χ3v) is 9.16. The van der Waals surface area contributed by atoms with Crippen molar-refractivity contribution in [1.29, 1.82) is 5.26 Å². The first kappa shape index (κ1) is 29.9. The van der Waals surface area contributed by atoms with Crippen LogP contribution in [-0.4, -0.2) is 61.0 Å². The Hall–Kier alpha value is -4.60. The first-order valence-electron chi connectivity index (χ1n) is 13.0. The van der Waals surface area contributed by atoms with Crippen LogP contribution in [0, 0.1) is 23.0 Å². The predicted octanol–water partition coefficient (Wildman–Crippen LogP) is 4.37. The number of rotatable bonds is 7. The lowest BCUT2D eigenvalue weighted by molar-refractivity contribution is -0.139. The number of amides is 1. The number of carbonyl (C=O) groups is 2. The normalized spacial score (nSPS) is 15.1. The number of nitrogens with zero attached hydrogens (tertiary/aromatic N) is 3. The summed E-state index contributed by atoms with van der Waals surface area (Å²) in [6.45, 7) is 0.0969. The van der Waals surface area contributed by atoms with Crippen LogP contribution < -0.4 is 10.2 Å². The molecule has 9 nitrogen and oxygen atoms in total. The molecule has 1 aliphatic heterocycles. The fourth-order valence-corrected chi connectivity index (χ4v) is 6.49. The molecule has 5 rings (SSSR count). The number of sulfone groups is 1. The van der Waals surface area contributed by atoms with Gasteiger partial charge in [0, 0.05) is 52.9 Å². The molecule has 1 aliphatic rings. The van der Waals surface area contributed by atoms with Gasteiger partial charge in [0.25, 0.3) is 5.91 Å². The second kappa shape index (κ2) is 11.9. The molecule has 0 saturated carbocycles. The lowest BCUT2D eigenvalue weighted by atomic mass is 9.94. The number of carbonyl (C=O) groups excluding carboxylic acids is 1. The highest BCUT2D eigenvalue weighted by Gasteiger charge is 2.28. The quantitative estimate of drug-likeness (QED) is 0.309. The number of anilines is 1. The van der Waals surface area contributed by atoms with Gasteiger partial charge in [0.05, 0.1) is 28.7 Å². The highest BCUT2D eigenvalue weighted by atomic mass is 35.5. The van der Waals surface area contributed by atoms with Gasteiger partial charge >= 0.3 is 5.97 Å². The number of fused-ring (bicyclic) bond motifs is 1. The number of hydrogen-bond acceptors (Lipinski definition) is 7. The monoisotopic (exact) mass is 624 g/mol. The number of hydrogen-bond donors (Lipinski definition) is 2. The van der Waals surface area contributed by atoms with Gasteiger partial charge in [-0.2, -0.15) is 5.26 Å². The van der Waals surface area contributed by atoms with Crippen molar-refractivity contribution < 1.29 is 31.9 Å². The Morgan fingerprint density at radius 1 is 1.07 bits per heavy atom. The number of carboxylic acids is 1. The molecule has 3 aromatic carbocycles. The summed E-state index contributed by atoms with van der Waals surface area (Å²) >= 11 is 6.42. The van der Waals surface area contributed by atoms with E-state index >= 15 is 8.78 Å². The Kier molecular flexibility index (Phi) is 8.30. The number of halogens is 3. The molecule has 220 valence electrons. The standard InChI is InChI=1S/C30H23ClF2N4O5S/c31-23-12-17(16-34)3-5-21(23)22-6-4-18(20-2-1-7-35-28(20)22)13-26(30(39)40)36-29(38)27-24(32)14-19(15-25(27)33)37-8-10-43(41,42)11-9-37/h1-7,12,14-15,26H,8-11,13H2,(H,36,38)(H,39,40)/t26-/m0/s1. The fraction of sp³-hybridized carbons (Fsp3) is 0.200. The maximum atomic E-state index is 15.0. The van der Waals surface area contributed by atoms with E-state index in [0.29, 0.717) is 38.2 Å². The zero-order valence-electron chi connectivity index (χ0n) is 22.4. The van der Waals surface area contributed by atoms with Crippen LogP contribution in [0.4, 0.5) is 14.5 Å². The van der Waals surface area contributed by atoms with Crippen LogP contribution in [0.1, 0.15) is 21.5 Å². The van der Waals surface area contributed by atoms with Gasteiger partial charge < -0.3 is 15.3 Å². The highest BCUT2D eigenvalue weighted by molar-refractivity contribution is 7.91. The SMILES string of the molecule is N#Cc1ccc(-c2ccc(C[C@H](NC(=O)c3c(F)cc(N4CCS(=O)(=O)CC4)cc3F)C(=O)O)c3cccnc23)c(Cl)c1. The van der Waals surface area contributed by atoms with Crippen LogP contribution in [-0.2, 0) is 21.1 Å². The molecule has 1 aromatic heterocycles. The molecule has 1 fully saturated rings. The Balaban J connectivity index is 1.41. The van der Waals surface area contributed by atoms with Gasteiger partial charge in [0.1, 0.15) is 23.2 Å². The zero-order valence-corrected chi connectivity index (χ0v) is 23.9. The van der Waals surface area contributed by atoms with Crippen molar-refractivity contribution in [2.75, 3.05) is 29.5 Å². The number of nitrogens with one attached hydrogen (secondary N) is 1. The van der Waals surface area contributed by atoms with Crippen molar-refractivity contribution in [3.05, 3.63) is 94.1 Å². The number of nitriles is 1. The zero-order chi connectivity index (χ0) is 30.9. The number of carboxylic acid groups (broad SMARTS) is 1. The van der Waals surface area contributed by atoms with Crippen LogP contribution in [0.3, 0.4) is 0 Å². The molecule has 13 heteroatoms. The van der Waals surface area contributed by atoms with Crippen LogP contribution in [0.25, 0.3) is 22.0 Å². The van der Waals surface area contributed by atoms with Crippen molar-refractivity contribution in [3.63, 3.8) is 0 Å². The molecule has 2 heterocycles. The molecule has 0 aliphatic carbocycles. The molecule has 1 atom stereocenters. The summed E-state index contributed by atoms with van der Waals surface area (Å²) in [4.78, 5) is 31.1. The molecule has 2 N–H and O–H groups in total. The van der Waals surface area contributed by atoms with E-state index in [1.807, 2.05) is 6.07 Å². The van der Waals surface area contributed by atoms with Crippen molar-refractivity contribution in [3.8, 4) is 17.2 Å². The van der Waals surface area contributed by atoms with E-state index in [1.165, 1.54) is 11.0 Å². The van der Waals surface area contributed by atoms with Crippen LogP contribution in [0.15, 0.2) is 60.8 Å². The molecule has 0 radical (unpaired) electrons. The summed E-state index contributed by atoms with van der Waals surface area (Å²) in [6.07, 6.45) is 1.33. The molecule has 0 spiro atoms. The van der Waals surface area contributed by atoms with Crippen LogP contribution in [0.5, 0.6) is 0 Å². The average molecular weight is 625 g/mol. The van der Waals surface area contributed by atoms with Gasteiger partial charge in [0.15, 0.2) is 9.84 Å². The minimum atomic E-state index is -3.22. The summed E-state index contributed by atoms with van der Waals surface area (Å²) in [5.41, 5.74) is 1.77. The Bertz CT molecular complexity index is 1890. The lowest BCUT2D eigenvalue weighted by Gasteiger charge is -2.29. The van der Waals surface area contributed by atoms with Crippen LogP contribution >= 0.6 is 11.6 Å². The van der Waals surface area contributed by atoms with E-state index in [0.717, 1.165) is 12.1 Å². The van der Waals surface area contributed by atoms with Gasteiger partial charge in [-0.3, -0.25) is 9.78 Å². The van der Waals surface area contributed by atoms with E-state index < -0.39 is 45.0 Å². The number of pyridine rings is 1. The third-order valence-electron chi connectivity index (χ3n) is 7.24. The van der Waals surface area contributed by atoms with Crippen molar-refractivity contribution in [2.24, 2.45) is 0 Å². The lowest BCUT2D eigenvalue weighted by Crippen LogP contribution is -2.43. The van der Waals surface area contributed by atoms with Gasteiger partial charge in [-0.15, -0.1) is 0 Å². The van der Waals surface area contributed by atoms with Gasteiger partial charge in [-0.25, -0.2) is 22.0 Å². The summed E-state index contributed by atoms with van der Waals surface area (Å²) in [7, 11) is -3.22. The first-order chi connectivity index (χ1) is 20.5. The van der Waals surface area contributed by atoms with Gasteiger partial charge in [-0.05, 0) is 35.9 Å². The smallest absolute Gasteiger partial charge is 0.326 e. The molecular weight excluding hydrogens is 602 g/mol. The molecule has 1 saturated heterocycles. The van der Waals surface area contributed by atoms with Crippen LogP contribution in [0.2, 0.25) is 5.02 Å². The second-order valence-corrected chi connectivity index (χ2v) is 12.7. The highest BCUT2D eigenvalue weighted by Crippen LogP contribution is 2.35. The Labute approximate surface area is 250 Å². The van der Waals surface area contributed by atoms with E-state index in [1.54, 1.807) is 42.6 Å². The minimum Gasteiger partial charge on any atom is -0.480 e.